The highest BCUT2D eigenvalue weighted by atomic mass is 32.1. The Hall–Kier alpha value is -1.76. The highest BCUT2D eigenvalue weighted by Crippen LogP contribution is 2.26. The lowest BCUT2D eigenvalue weighted by Crippen LogP contribution is -2.42. The van der Waals surface area contributed by atoms with E-state index in [1.165, 1.54) is 6.07 Å². The molecule has 6 heteroatoms. The molecule has 0 saturated carbocycles. The zero-order chi connectivity index (χ0) is 14.6. The number of aliphatic hydroxyl groups is 1. The summed E-state index contributed by atoms with van der Waals surface area (Å²) >= 11 is 1.14. The normalized spacial score (nSPS) is 13.9. The van der Waals surface area contributed by atoms with Crippen LogP contribution in [0.1, 0.15) is 17.4 Å². The number of hydrogen-bond acceptors (Lipinski definition) is 5. The van der Waals surface area contributed by atoms with Crippen LogP contribution in [-0.4, -0.2) is 16.6 Å². The molecule has 1 heterocycles. The van der Waals surface area contributed by atoms with Crippen molar-refractivity contribution in [3.05, 3.63) is 63.0 Å². The van der Waals surface area contributed by atoms with E-state index in [0.717, 1.165) is 21.8 Å². The third-order valence-electron chi connectivity index (χ3n) is 3.21. The number of aliphatic hydroxyl groups excluding tert-OH is 1. The number of thiophene rings is 1. The van der Waals surface area contributed by atoms with Crippen molar-refractivity contribution in [3.63, 3.8) is 0 Å². The van der Waals surface area contributed by atoms with Crippen molar-refractivity contribution < 1.29 is 10.0 Å². The Bertz CT molecular complexity index is 585. The predicted octanol–water partition coefficient (Wildman–Crippen LogP) is 2.65. The summed E-state index contributed by atoms with van der Waals surface area (Å²) in [5.41, 5.74) is 0.411. The van der Waals surface area contributed by atoms with Crippen LogP contribution in [0.5, 0.6) is 0 Å². The van der Waals surface area contributed by atoms with Crippen LogP contribution in [0.25, 0.3) is 0 Å². The molecule has 1 unspecified atom stereocenters. The maximum atomic E-state index is 10.6. The Balaban J connectivity index is 2.08. The van der Waals surface area contributed by atoms with E-state index in [2.05, 4.69) is 5.32 Å². The van der Waals surface area contributed by atoms with Gasteiger partial charge in [-0.25, -0.2) is 0 Å². The second-order valence-corrected chi connectivity index (χ2v) is 5.85. The van der Waals surface area contributed by atoms with E-state index in [0.29, 0.717) is 6.54 Å². The Labute approximate surface area is 121 Å². The third-order valence-corrected chi connectivity index (χ3v) is 4.24. The lowest BCUT2D eigenvalue weighted by molar-refractivity contribution is -0.380. The van der Waals surface area contributed by atoms with Crippen molar-refractivity contribution in [2.45, 2.75) is 19.0 Å². The van der Waals surface area contributed by atoms with Gasteiger partial charge in [-0.05, 0) is 18.6 Å². The Morgan fingerprint density at radius 1 is 1.30 bits per heavy atom. The lowest BCUT2D eigenvalue weighted by atomic mass is 9.93. The van der Waals surface area contributed by atoms with Crippen LogP contribution in [0.3, 0.4) is 0 Å². The van der Waals surface area contributed by atoms with Crippen LogP contribution >= 0.6 is 11.3 Å². The second-order valence-electron chi connectivity index (χ2n) is 4.71. The van der Waals surface area contributed by atoms with Gasteiger partial charge in [0.2, 0.25) is 0 Å². The maximum Gasteiger partial charge on any atom is 0.324 e. The number of rotatable bonds is 6. The van der Waals surface area contributed by atoms with Gasteiger partial charge in [0.05, 0.1) is 17.1 Å². The molecule has 0 aliphatic carbocycles. The minimum Gasteiger partial charge on any atom is -0.394 e. The third kappa shape index (κ3) is 3.22. The van der Waals surface area contributed by atoms with Crippen molar-refractivity contribution in [3.8, 4) is 0 Å². The van der Waals surface area contributed by atoms with E-state index in [-0.39, 0.29) is 11.6 Å². The lowest BCUT2D eigenvalue weighted by Gasteiger charge is -2.29. The number of benzene rings is 1. The summed E-state index contributed by atoms with van der Waals surface area (Å²) in [7, 11) is 0. The molecule has 2 rings (SSSR count). The van der Waals surface area contributed by atoms with Crippen LogP contribution in [0.15, 0.2) is 42.5 Å². The minimum absolute atomic E-state index is 0.0511. The number of nitrogens with zero attached hydrogens (tertiary/aromatic N) is 1. The van der Waals surface area contributed by atoms with Crippen molar-refractivity contribution in [1.29, 1.82) is 0 Å². The zero-order valence-corrected chi connectivity index (χ0v) is 11.9. The van der Waals surface area contributed by atoms with Gasteiger partial charge in [-0.1, -0.05) is 41.7 Å². The Morgan fingerprint density at radius 2 is 2.00 bits per heavy atom. The average Bonchev–Trinajstić information content (AvgIpc) is 2.95. The molecule has 0 aliphatic heterocycles. The van der Waals surface area contributed by atoms with Crippen molar-refractivity contribution in [1.82, 2.24) is 5.32 Å². The summed E-state index contributed by atoms with van der Waals surface area (Å²) in [6.45, 7) is 2.33. The molecular weight excluding hydrogens is 276 g/mol. The van der Waals surface area contributed by atoms with Gasteiger partial charge in [-0.2, -0.15) is 0 Å². The number of hydrogen-bond donors (Lipinski definition) is 2. The first-order valence-electron chi connectivity index (χ1n) is 6.20. The van der Waals surface area contributed by atoms with Crippen molar-refractivity contribution in [2.75, 3.05) is 6.61 Å². The average molecular weight is 292 g/mol. The highest BCUT2D eigenvalue weighted by Gasteiger charge is 2.25. The highest BCUT2D eigenvalue weighted by molar-refractivity contribution is 7.15. The van der Waals surface area contributed by atoms with Crippen LogP contribution in [0.2, 0.25) is 0 Å². The largest absolute Gasteiger partial charge is 0.394 e. The summed E-state index contributed by atoms with van der Waals surface area (Å²) in [6.07, 6.45) is 0. The molecule has 2 N–H and O–H groups in total. The quantitative estimate of drug-likeness (QED) is 0.634. The predicted molar refractivity (Wildman–Crippen MR) is 78.7 cm³/mol. The molecule has 0 aliphatic rings. The van der Waals surface area contributed by atoms with Crippen molar-refractivity contribution >= 4 is 16.3 Å². The van der Waals surface area contributed by atoms with Crippen LogP contribution in [0, 0.1) is 10.1 Å². The molecular formula is C14H16N2O3S. The van der Waals surface area contributed by atoms with Gasteiger partial charge < -0.3 is 10.4 Å². The number of nitrogens with one attached hydrogen (secondary N) is 1. The van der Waals surface area contributed by atoms with E-state index in [4.69, 9.17) is 0 Å². The molecule has 0 fully saturated rings. The monoisotopic (exact) mass is 292 g/mol. The molecule has 0 bridgehead atoms. The van der Waals surface area contributed by atoms with Gasteiger partial charge in [-0.3, -0.25) is 10.1 Å². The first-order chi connectivity index (χ1) is 9.55. The van der Waals surface area contributed by atoms with E-state index in [1.54, 1.807) is 6.07 Å². The standard InChI is InChI=1S/C14H16N2O3S/c1-14(10-17,11-5-3-2-4-6-11)15-9-12-7-8-13(20-12)16(18)19/h2-8,15,17H,9-10H2,1H3. The molecule has 0 spiro atoms. The van der Waals surface area contributed by atoms with E-state index < -0.39 is 10.5 Å². The zero-order valence-electron chi connectivity index (χ0n) is 11.1. The van der Waals surface area contributed by atoms with E-state index >= 15 is 0 Å². The number of nitro groups is 1. The molecule has 106 valence electrons. The molecule has 20 heavy (non-hydrogen) atoms. The van der Waals surface area contributed by atoms with Gasteiger partial charge in [0, 0.05) is 17.5 Å². The molecule has 0 radical (unpaired) electrons. The summed E-state index contributed by atoms with van der Waals surface area (Å²) < 4.78 is 0. The fraction of sp³-hybridized carbons (Fsp3) is 0.286. The molecule has 1 aromatic heterocycles. The van der Waals surface area contributed by atoms with Gasteiger partial charge in [0.25, 0.3) is 0 Å². The molecule has 1 aromatic carbocycles. The minimum atomic E-state index is -0.569. The molecule has 1 atom stereocenters. The maximum absolute atomic E-state index is 10.6. The summed E-state index contributed by atoms with van der Waals surface area (Å²) in [5.74, 6) is 0. The van der Waals surface area contributed by atoms with E-state index in [1.807, 2.05) is 37.3 Å². The van der Waals surface area contributed by atoms with E-state index in [9.17, 15) is 15.2 Å². The summed E-state index contributed by atoms with van der Waals surface area (Å²) in [5, 5.41) is 23.7. The SMILES string of the molecule is CC(CO)(NCc1ccc([N+](=O)[O-])s1)c1ccccc1. The molecule has 0 amide bonds. The Kier molecular flexibility index (Phi) is 4.49. The molecule has 0 saturated heterocycles. The van der Waals surface area contributed by atoms with Gasteiger partial charge in [0.15, 0.2) is 0 Å². The van der Waals surface area contributed by atoms with Gasteiger partial charge in [0.1, 0.15) is 0 Å². The fourth-order valence-corrected chi connectivity index (χ4v) is 2.66. The smallest absolute Gasteiger partial charge is 0.324 e. The van der Waals surface area contributed by atoms with Gasteiger partial charge in [-0.15, -0.1) is 0 Å². The summed E-state index contributed by atoms with van der Waals surface area (Å²) in [6, 6.07) is 12.9. The van der Waals surface area contributed by atoms with Crippen LogP contribution in [-0.2, 0) is 12.1 Å². The van der Waals surface area contributed by atoms with Crippen LogP contribution < -0.4 is 5.32 Å². The van der Waals surface area contributed by atoms with Crippen molar-refractivity contribution in [2.24, 2.45) is 0 Å². The topological polar surface area (TPSA) is 75.4 Å². The Morgan fingerprint density at radius 3 is 2.55 bits per heavy atom. The second kappa shape index (κ2) is 6.13. The summed E-state index contributed by atoms with van der Waals surface area (Å²) in [4.78, 5) is 11.1. The molecule has 5 nitrogen and oxygen atoms in total. The van der Waals surface area contributed by atoms with Gasteiger partial charge >= 0.3 is 5.00 Å². The first kappa shape index (κ1) is 14.6. The van der Waals surface area contributed by atoms with Crippen LogP contribution in [0.4, 0.5) is 5.00 Å². The molecule has 2 aromatic rings. The first-order valence-corrected chi connectivity index (χ1v) is 7.01. The fourth-order valence-electron chi connectivity index (χ4n) is 1.90.